The molecule has 0 aliphatic heterocycles. The van der Waals surface area contributed by atoms with Crippen molar-refractivity contribution in [2.45, 2.75) is 25.2 Å². The number of Topliss-reactive ketones (excluding diaryl/α,β-unsaturated/α-hetero) is 1. The zero-order chi connectivity index (χ0) is 15.5. The molecule has 6 nitrogen and oxygen atoms in total. The Morgan fingerprint density at radius 1 is 1.25 bits per heavy atom. The first-order valence-electron chi connectivity index (χ1n) is 5.97. The van der Waals surface area contributed by atoms with Crippen LogP contribution >= 0.6 is 0 Å². The zero-order valence-electron chi connectivity index (χ0n) is 11.9. The Morgan fingerprint density at radius 2 is 1.85 bits per heavy atom. The molecule has 1 N–H and O–H groups in total. The van der Waals surface area contributed by atoms with E-state index in [1.807, 2.05) is 0 Å². The number of hydrogen-bond acceptors (Lipinski definition) is 4. The van der Waals surface area contributed by atoms with Gasteiger partial charge >= 0.3 is 0 Å². The fourth-order valence-electron chi connectivity index (χ4n) is 1.53. The molecule has 0 radical (unpaired) electrons. The molecule has 1 rings (SSSR count). The van der Waals surface area contributed by atoms with Crippen molar-refractivity contribution in [3.8, 4) is 0 Å². The first kappa shape index (κ1) is 16.3. The zero-order valence-corrected chi connectivity index (χ0v) is 12.7. The minimum atomic E-state index is -3.56. The Kier molecular flexibility index (Phi) is 5.02. The molecule has 0 spiro atoms. The third-order valence-electron chi connectivity index (χ3n) is 2.67. The average molecular weight is 298 g/mol. The van der Waals surface area contributed by atoms with Gasteiger partial charge in [0.1, 0.15) is 5.78 Å². The van der Waals surface area contributed by atoms with E-state index in [4.69, 9.17) is 0 Å². The van der Waals surface area contributed by atoms with Gasteiger partial charge in [-0.3, -0.25) is 9.59 Å². The number of sulfonamides is 1. The van der Waals surface area contributed by atoms with E-state index in [9.17, 15) is 18.0 Å². The van der Waals surface area contributed by atoms with E-state index in [0.717, 1.165) is 9.87 Å². The molecule has 1 aromatic rings. The van der Waals surface area contributed by atoms with Gasteiger partial charge in [-0.05, 0) is 31.5 Å². The number of benzene rings is 1. The molecular weight excluding hydrogens is 280 g/mol. The van der Waals surface area contributed by atoms with Crippen LogP contribution in [0.3, 0.4) is 0 Å². The molecular formula is C13H18N2O4S. The number of nitrogens with one attached hydrogen (secondary N) is 1. The monoisotopic (exact) mass is 298 g/mol. The summed E-state index contributed by atoms with van der Waals surface area (Å²) in [5, 5.41) is 2.55. The number of carbonyl (C=O) groups is 2. The normalized spacial score (nSPS) is 11.4. The Morgan fingerprint density at radius 3 is 2.35 bits per heavy atom. The summed E-state index contributed by atoms with van der Waals surface area (Å²) in [5.41, 5.74) is 1.11. The molecule has 1 amide bonds. The fraction of sp³-hybridized carbons (Fsp3) is 0.385. The van der Waals surface area contributed by atoms with Gasteiger partial charge in [0.15, 0.2) is 0 Å². The van der Waals surface area contributed by atoms with E-state index >= 15 is 0 Å². The summed E-state index contributed by atoms with van der Waals surface area (Å²) in [5.74, 6) is -0.711. The maximum Gasteiger partial charge on any atom is 0.242 e. The first-order valence-corrected chi connectivity index (χ1v) is 7.41. The van der Waals surface area contributed by atoms with Crippen molar-refractivity contribution < 1.29 is 18.0 Å². The van der Waals surface area contributed by atoms with Gasteiger partial charge in [-0.2, -0.15) is 0 Å². The topological polar surface area (TPSA) is 83.5 Å². The van der Waals surface area contributed by atoms with Gasteiger partial charge in [0.2, 0.25) is 15.9 Å². The van der Waals surface area contributed by atoms with E-state index in [1.54, 1.807) is 13.0 Å². The van der Waals surface area contributed by atoms with Crippen molar-refractivity contribution >= 4 is 27.4 Å². The number of aryl methyl sites for hydroxylation is 1. The first-order chi connectivity index (χ1) is 9.14. The van der Waals surface area contributed by atoms with Gasteiger partial charge in [0, 0.05) is 19.8 Å². The van der Waals surface area contributed by atoms with Gasteiger partial charge in [0.25, 0.3) is 0 Å². The third kappa shape index (κ3) is 3.88. The van der Waals surface area contributed by atoms with E-state index in [-0.39, 0.29) is 17.1 Å². The second kappa shape index (κ2) is 6.15. The van der Waals surface area contributed by atoms with Crippen LogP contribution in [0.1, 0.15) is 18.9 Å². The fourth-order valence-corrected chi connectivity index (χ4v) is 2.46. The van der Waals surface area contributed by atoms with Gasteiger partial charge in [-0.25, -0.2) is 12.7 Å². The highest BCUT2D eigenvalue weighted by Gasteiger charge is 2.18. The second-order valence-electron chi connectivity index (χ2n) is 4.69. The third-order valence-corrected chi connectivity index (χ3v) is 4.48. The molecule has 0 aromatic heterocycles. The Balaban J connectivity index is 3.10. The van der Waals surface area contributed by atoms with Crippen LogP contribution in [-0.4, -0.2) is 38.5 Å². The molecule has 0 aliphatic rings. The molecule has 0 atom stereocenters. The van der Waals surface area contributed by atoms with E-state index in [2.05, 4.69) is 5.32 Å². The SMILES string of the molecule is CC(=O)CC(=O)Nc1cc(S(=O)(=O)N(C)C)ccc1C. The summed E-state index contributed by atoms with van der Waals surface area (Å²) >= 11 is 0. The highest BCUT2D eigenvalue weighted by molar-refractivity contribution is 7.89. The van der Waals surface area contributed by atoms with E-state index in [0.29, 0.717) is 5.69 Å². The van der Waals surface area contributed by atoms with E-state index in [1.165, 1.54) is 33.2 Å². The van der Waals surface area contributed by atoms with Crippen molar-refractivity contribution in [3.05, 3.63) is 23.8 Å². The Hall–Kier alpha value is -1.73. The molecule has 0 unspecified atom stereocenters. The quantitative estimate of drug-likeness (QED) is 0.827. The molecule has 0 aliphatic carbocycles. The van der Waals surface area contributed by atoms with Crippen LogP contribution in [-0.2, 0) is 19.6 Å². The lowest BCUT2D eigenvalue weighted by Gasteiger charge is -2.14. The van der Waals surface area contributed by atoms with Crippen LogP contribution in [0.2, 0.25) is 0 Å². The van der Waals surface area contributed by atoms with Crippen LogP contribution in [0.4, 0.5) is 5.69 Å². The van der Waals surface area contributed by atoms with Crippen molar-refractivity contribution in [3.63, 3.8) is 0 Å². The largest absolute Gasteiger partial charge is 0.325 e. The van der Waals surface area contributed by atoms with Crippen molar-refractivity contribution in [1.82, 2.24) is 4.31 Å². The number of hydrogen-bond donors (Lipinski definition) is 1. The minimum absolute atomic E-state index is 0.0891. The summed E-state index contributed by atoms with van der Waals surface area (Å²) in [6.07, 6.45) is -0.232. The molecule has 0 bridgehead atoms. The van der Waals surface area contributed by atoms with Gasteiger partial charge in [-0.15, -0.1) is 0 Å². The maximum absolute atomic E-state index is 12.0. The smallest absolute Gasteiger partial charge is 0.242 e. The number of amides is 1. The average Bonchev–Trinajstić information content (AvgIpc) is 2.30. The molecule has 7 heteroatoms. The van der Waals surface area contributed by atoms with Crippen LogP contribution in [0.15, 0.2) is 23.1 Å². The van der Waals surface area contributed by atoms with Gasteiger partial charge in [0.05, 0.1) is 11.3 Å². The van der Waals surface area contributed by atoms with Crippen LogP contribution < -0.4 is 5.32 Å². The van der Waals surface area contributed by atoms with Crippen molar-refractivity contribution in [2.75, 3.05) is 19.4 Å². The predicted octanol–water partition coefficient (Wildman–Crippen LogP) is 1.16. The number of anilines is 1. The lowest BCUT2D eigenvalue weighted by molar-refractivity contribution is -0.124. The molecule has 0 saturated heterocycles. The minimum Gasteiger partial charge on any atom is -0.325 e. The second-order valence-corrected chi connectivity index (χ2v) is 6.84. The molecule has 0 saturated carbocycles. The lowest BCUT2D eigenvalue weighted by atomic mass is 10.2. The standard InChI is InChI=1S/C13H18N2O4S/c1-9-5-6-11(20(18,19)15(3)4)8-12(9)14-13(17)7-10(2)16/h5-6,8H,7H2,1-4H3,(H,14,17). The summed E-state index contributed by atoms with van der Waals surface area (Å²) in [6.45, 7) is 3.06. The van der Waals surface area contributed by atoms with Gasteiger partial charge in [-0.1, -0.05) is 6.07 Å². The summed E-state index contributed by atoms with van der Waals surface area (Å²) in [7, 11) is -0.692. The highest BCUT2D eigenvalue weighted by Crippen LogP contribution is 2.22. The molecule has 1 aromatic carbocycles. The predicted molar refractivity (Wildman–Crippen MR) is 76.0 cm³/mol. The Labute approximate surface area is 118 Å². The molecule has 0 heterocycles. The number of rotatable bonds is 5. The highest BCUT2D eigenvalue weighted by atomic mass is 32.2. The molecule has 110 valence electrons. The maximum atomic E-state index is 12.0. The van der Waals surface area contributed by atoms with E-state index < -0.39 is 15.9 Å². The van der Waals surface area contributed by atoms with Gasteiger partial charge < -0.3 is 5.32 Å². The van der Waals surface area contributed by atoms with Crippen LogP contribution in [0, 0.1) is 6.92 Å². The summed E-state index contributed by atoms with van der Waals surface area (Å²) in [6, 6.07) is 4.48. The number of carbonyl (C=O) groups excluding carboxylic acids is 2. The van der Waals surface area contributed by atoms with Crippen molar-refractivity contribution in [1.29, 1.82) is 0 Å². The summed E-state index contributed by atoms with van der Waals surface area (Å²) < 4.78 is 25.1. The Bertz CT molecular complexity index is 636. The summed E-state index contributed by atoms with van der Waals surface area (Å²) in [4.78, 5) is 22.5. The number of nitrogens with zero attached hydrogens (tertiary/aromatic N) is 1. The van der Waals surface area contributed by atoms with Crippen molar-refractivity contribution in [2.24, 2.45) is 0 Å². The molecule has 0 fully saturated rings. The van der Waals surface area contributed by atoms with Crippen LogP contribution in [0.25, 0.3) is 0 Å². The molecule has 20 heavy (non-hydrogen) atoms. The van der Waals surface area contributed by atoms with Crippen LogP contribution in [0.5, 0.6) is 0 Å². The number of ketones is 1. The lowest BCUT2D eigenvalue weighted by Crippen LogP contribution is -2.22.